The van der Waals surface area contributed by atoms with Crippen molar-refractivity contribution in [2.45, 2.75) is 69.9 Å². The summed E-state index contributed by atoms with van der Waals surface area (Å²) in [5.74, 6) is 1.13. The fourth-order valence-corrected chi connectivity index (χ4v) is 8.79. The molecule has 0 bridgehead atoms. The third-order valence-corrected chi connectivity index (χ3v) is 11.3. The number of thiophene rings is 1. The zero-order valence-corrected chi connectivity index (χ0v) is 28.2. The molecule has 3 heterocycles. The normalized spacial score (nSPS) is 20.8. The summed E-state index contributed by atoms with van der Waals surface area (Å²) in [6.45, 7) is 6.18. The number of nitrogens with zero attached hydrogens (tertiary/aromatic N) is 2. The van der Waals surface area contributed by atoms with Gasteiger partial charge in [0.1, 0.15) is 24.2 Å². The minimum atomic E-state index is -0.486. The van der Waals surface area contributed by atoms with E-state index in [0.717, 1.165) is 65.8 Å². The standard InChI is InChI=1S/C39H45FN2O4S/c1-44-35-26-36-31(25-32(35)40)37(39(47-36)28-13-15-29(16-14-28)45-24-23-41-19-7-8-20-41)38(43)27-11-17-30(18-12-27)46-34-10-4-3-9-33(34)42-21-5-2-6-22-42/h11-18,25-26,33-34H,2-10,19-24H2,1H3/t33-,34-/m0/s1. The number of carbonyl (C=O) groups excluding carboxylic acids is 1. The fraction of sp³-hybridized carbons (Fsp3) is 0.462. The first-order valence-electron chi connectivity index (χ1n) is 17.4. The molecular formula is C39H45FN2O4S. The maximum absolute atomic E-state index is 15.0. The largest absolute Gasteiger partial charge is 0.494 e. The van der Waals surface area contributed by atoms with Crippen molar-refractivity contribution in [3.8, 4) is 27.7 Å². The summed E-state index contributed by atoms with van der Waals surface area (Å²) in [5, 5.41) is 0.589. The molecule has 7 rings (SSSR count). The maximum Gasteiger partial charge on any atom is 0.195 e. The molecule has 2 aliphatic heterocycles. The fourth-order valence-electron chi connectivity index (χ4n) is 7.57. The van der Waals surface area contributed by atoms with Crippen molar-refractivity contribution < 1.29 is 23.4 Å². The van der Waals surface area contributed by atoms with Gasteiger partial charge in [0.05, 0.1) is 7.11 Å². The summed E-state index contributed by atoms with van der Waals surface area (Å²) in [4.78, 5) is 20.1. The summed E-state index contributed by atoms with van der Waals surface area (Å²) < 4.78 is 33.7. The lowest BCUT2D eigenvalue weighted by Crippen LogP contribution is -2.49. The Bertz CT molecular complexity index is 1660. The molecule has 8 heteroatoms. The molecule has 248 valence electrons. The third-order valence-electron chi connectivity index (χ3n) is 10.1. The van der Waals surface area contributed by atoms with Gasteiger partial charge in [-0.2, -0.15) is 0 Å². The molecule has 4 aromatic rings. The van der Waals surface area contributed by atoms with Crippen LogP contribution >= 0.6 is 11.3 Å². The quantitative estimate of drug-likeness (QED) is 0.151. The Morgan fingerprint density at radius 2 is 1.55 bits per heavy atom. The highest BCUT2D eigenvalue weighted by Crippen LogP contribution is 2.42. The SMILES string of the molecule is COc1cc2sc(-c3ccc(OCCN4CCCC4)cc3)c(C(=O)c3ccc(O[C@H]4CCCC[C@@H]4N4CCCCC4)cc3)c2cc1F. The van der Waals surface area contributed by atoms with E-state index < -0.39 is 5.82 Å². The number of benzene rings is 3. The van der Waals surface area contributed by atoms with Gasteiger partial charge in [0.2, 0.25) is 0 Å². The number of hydrogen-bond acceptors (Lipinski definition) is 7. The van der Waals surface area contributed by atoms with Crippen LogP contribution in [0.5, 0.6) is 17.2 Å². The zero-order chi connectivity index (χ0) is 32.2. The highest BCUT2D eigenvalue weighted by molar-refractivity contribution is 7.22. The number of carbonyl (C=O) groups is 1. The van der Waals surface area contributed by atoms with Crippen molar-refractivity contribution in [1.82, 2.24) is 9.80 Å². The molecule has 0 N–H and O–H groups in total. The summed E-state index contributed by atoms with van der Waals surface area (Å²) in [6.07, 6.45) is 11.2. The van der Waals surface area contributed by atoms with Crippen LogP contribution in [0.15, 0.2) is 60.7 Å². The Labute approximate surface area is 281 Å². The number of piperidine rings is 1. The molecule has 3 fully saturated rings. The monoisotopic (exact) mass is 656 g/mol. The van der Waals surface area contributed by atoms with Crippen LogP contribution in [0.3, 0.4) is 0 Å². The summed E-state index contributed by atoms with van der Waals surface area (Å²) in [7, 11) is 1.46. The van der Waals surface area contributed by atoms with Crippen molar-refractivity contribution in [3.63, 3.8) is 0 Å². The van der Waals surface area contributed by atoms with Crippen LogP contribution < -0.4 is 14.2 Å². The van der Waals surface area contributed by atoms with E-state index in [4.69, 9.17) is 14.2 Å². The van der Waals surface area contributed by atoms with Gasteiger partial charge in [0, 0.05) is 44.7 Å². The molecule has 2 atom stereocenters. The number of rotatable bonds is 11. The average Bonchev–Trinajstić information content (AvgIpc) is 3.77. The Morgan fingerprint density at radius 3 is 2.30 bits per heavy atom. The van der Waals surface area contributed by atoms with Crippen LogP contribution in [0.1, 0.15) is 73.7 Å². The van der Waals surface area contributed by atoms with Gasteiger partial charge in [-0.05, 0) is 131 Å². The second-order valence-corrected chi connectivity index (χ2v) is 14.2. The van der Waals surface area contributed by atoms with E-state index in [9.17, 15) is 4.79 Å². The molecule has 1 saturated carbocycles. The molecule has 3 aliphatic rings. The van der Waals surface area contributed by atoms with Crippen molar-refractivity contribution in [1.29, 1.82) is 0 Å². The minimum absolute atomic E-state index is 0.142. The van der Waals surface area contributed by atoms with Gasteiger partial charge in [0.25, 0.3) is 0 Å². The number of halogens is 1. The molecule has 0 spiro atoms. The highest BCUT2D eigenvalue weighted by atomic mass is 32.1. The van der Waals surface area contributed by atoms with Crippen molar-refractivity contribution >= 4 is 27.2 Å². The van der Waals surface area contributed by atoms with Crippen LogP contribution in [0, 0.1) is 5.82 Å². The van der Waals surface area contributed by atoms with Crippen molar-refractivity contribution in [2.24, 2.45) is 0 Å². The third kappa shape index (κ3) is 7.20. The molecule has 0 amide bonds. The van der Waals surface area contributed by atoms with Crippen LogP contribution in [-0.2, 0) is 0 Å². The number of ether oxygens (including phenoxy) is 3. The van der Waals surface area contributed by atoms with Gasteiger partial charge in [-0.15, -0.1) is 11.3 Å². The summed E-state index contributed by atoms with van der Waals surface area (Å²) in [5.41, 5.74) is 1.94. The lowest BCUT2D eigenvalue weighted by Gasteiger charge is -2.41. The lowest BCUT2D eigenvalue weighted by molar-refractivity contribution is 0.0261. The lowest BCUT2D eigenvalue weighted by atomic mass is 9.90. The molecule has 0 radical (unpaired) electrons. The van der Waals surface area contributed by atoms with E-state index in [1.807, 2.05) is 48.5 Å². The number of likely N-dealkylation sites (tertiary alicyclic amines) is 2. The number of methoxy groups -OCH3 is 1. The Hall–Kier alpha value is -3.46. The molecule has 3 aromatic carbocycles. The van der Waals surface area contributed by atoms with E-state index >= 15 is 4.39 Å². The predicted octanol–water partition coefficient (Wildman–Crippen LogP) is 8.60. The zero-order valence-electron chi connectivity index (χ0n) is 27.3. The van der Waals surface area contributed by atoms with E-state index in [2.05, 4.69) is 9.80 Å². The van der Waals surface area contributed by atoms with Crippen molar-refractivity contribution in [2.75, 3.05) is 46.4 Å². The van der Waals surface area contributed by atoms with Gasteiger partial charge in [-0.3, -0.25) is 14.6 Å². The Kier molecular flexibility index (Phi) is 10.1. The van der Waals surface area contributed by atoms with Gasteiger partial charge >= 0.3 is 0 Å². The smallest absolute Gasteiger partial charge is 0.195 e. The van der Waals surface area contributed by atoms with Gasteiger partial charge in [0.15, 0.2) is 17.3 Å². The Morgan fingerprint density at radius 1 is 0.851 bits per heavy atom. The molecule has 6 nitrogen and oxygen atoms in total. The average molecular weight is 657 g/mol. The molecule has 1 aromatic heterocycles. The number of ketones is 1. The van der Waals surface area contributed by atoms with Crippen LogP contribution in [-0.4, -0.2) is 74.2 Å². The minimum Gasteiger partial charge on any atom is -0.494 e. The van der Waals surface area contributed by atoms with Gasteiger partial charge in [-0.25, -0.2) is 4.39 Å². The first kappa shape index (κ1) is 32.1. The predicted molar refractivity (Wildman–Crippen MR) is 187 cm³/mol. The van der Waals surface area contributed by atoms with E-state index in [-0.39, 0.29) is 17.6 Å². The van der Waals surface area contributed by atoms with Gasteiger partial charge in [-0.1, -0.05) is 12.8 Å². The first-order chi connectivity index (χ1) is 23.1. The topological polar surface area (TPSA) is 51.2 Å². The molecular weight excluding hydrogens is 612 g/mol. The first-order valence-corrected chi connectivity index (χ1v) is 18.2. The molecule has 0 unspecified atom stereocenters. The summed E-state index contributed by atoms with van der Waals surface area (Å²) in [6, 6.07) is 19.0. The molecule has 1 aliphatic carbocycles. The van der Waals surface area contributed by atoms with Crippen LogP contribution in [0.2, 0.25) is 0 Å². The summed E-state index contributed by atoms with van der Waals surface area (Å²) >= 11 is 1.47. The van der Waals surface area contributed by atoms with E-state index in [0.29, 0.717) is 29.2 Å². The van der Waals surface area contributed by atoms with Crippen molar-refractivity contribution in [3.05, 3.63) is 77.6 Å². The van der Waals surface area contributed by atoms with Crippen LogP contribution in [0.25, 0.3) is 20.5 Å². The Balaban J connectivity index is 1.12. The maximum atomic E-state index is 15.0. The molecule has 2 saturated heterocycles. The second-order valence-electron chi connectivity index (χ2n) is 13.2. The highest BCUT2D eigenvalue weighted by Gasteiger charge is 2.32. The van der Waals surface area contributed by atoms with E-state index in [1.165, 1.54) is 75.9 Å². The number of hydrogen-bond donors (Lipinski definition) is 0. The van der Waals surface area contributed by atoms with Gasteiger partial charge < -0.3 is 14.2 Å². The molecule has 47 heavy (non-hydrogen) atoms. The second kappa shape index (κ2) is 14.8. The number of fused-ring (bicyclic) bond motifs is 1. The van der Waals surface area contributed by atoms with Crippen LogP contribution in [0.4, 0.5) is 4.39 Å². The van der Waals surface area contributed by atoms with E-state index in [1.54, 1.807) is 6.07 Å².